The van der Waals surface area contributed by atoms with Crippen molar-refractivity contribution in [2.45, 2.75) is 24.9 Å². The van der Waals surface area contributed by atoms with E-state index in [4.69, 9.17) is 10.8 Å². The summed E-state index contributed by atoms with van der Waals surface area (Å²) in [4.78, 5) is 13.1. The van der Waals surface area contributed by atoms with E-state index in [0.29, 0.717) is 19.5 Å². The number of carboxylic acid groups (broad SMARTS) is 1. The third-order valence-electron chi connectivity index (χ3n) is 3.69. The zero-order valence-corrected chi connectivity index (χ0v) is 10.3. The second-order valence-electron chi connectivity index (χ2n) is 4.92. The van der Waals surface area contributed by atoms with Crippen molar-refractivity contribution in [3.63, 3.8) is 0 Å². The Hall–Kier alpha value is -1.59. The number of phenolic OH excluding ortho intramolecular Hbond substituents is 1. The van der Waals surface area contributed by atoms with Crippen LogP contribution in [-0.4, -0.2) is 39.7 Å². The molecule has 0 aliphatic carbocycles. The average molecular weight is 250 g/mol. The Morgan fingerprint density at radius 3 is 2.72 bits per heavy atom. The molecular formula is C13H18N2O3. The lowest BCUT2D eigenvalue weighted by atomic mass is 10.0. The number of hydrogen-bond donors (Lipinski definition) is 3. The number of likely N-dealkylation sites (tertiary alicyclic amines) is 1. The molecule has 2 rings (SSSR count). The number of carboxylic acids is 1. The topological polar surface area (TPSA) is 86.8 Å². The number of nitrogens with two attached hydrogens (primary N) is 1. The molecule has 1 aliphatic heterocycles. The van der Waals surface area contributed by atoms with E-state index in [-0.39, 0.29) is 11.8 Å². The van der Waals surface area contributed by atoms with Gasteiger partial charge in [-0.3, -0.25) is 9.69 Å². The van der Waals surface area contributed by atoms with Crippen LogP contribution in [0.5, 0.6) is 5.75 Å². The Morgan fingerprint density at radius 2 is 2.17 bits per heavy atom. The van der Waals surface area contributed by atoms with Gasteiger partial charge >= 0.3 is 5.97 Å². The predicted octanol–water partition coefficient (Wildman–Crippen LogP) is 0.941. The number of aliphatic carboxylic acids is 1. The molecule has 1 heterocycles. The molecule has 1 aromatic carbocycles. The van der Waals surface area contributed by atoms with Gasteiger partial charge in [0.15, 0.2) is 0 Å². The molecule has 0 amide bonds. The first kappa shape index (κ1) is 12.9. The summed E-state index contributed by atoms with van der Waals surface area (Å²) in [6.07, 6.45) is 0.431. The number of hydrogen-bond acceptors (Lipinski definition) is 4. The van der Waals surface area contributed by atoms with Crippen molar-refractivity contribution in [3.05, 3.63) is 29.8 Å². The van der Waals surface area contributed by atoms with Gasteiger partial charge in [0, 0.05) is 24.7 Å². The van der Waals surface area contributed by atoms with Crippen LogP contribution in [0.3, 0.4) is 0 Å². The summed E-state index contributed by atoms with van der Waals surface area (Å²) in [5, 5.41) is 18.9. The molecule has 0 saturated carbocycles. The van der Waals surface area contributed by atoms with Crippen LogP contribution in [0.25, 0.3) is 0 Å². The second kappa shape index (κ2) is 4.59. The quantitative estimate of drug-likeness (QED) is 0.743. The molecule has 0 spiro atoms. The summed E-state index contributed by atoms with van der Waals surface area (Å²) in [6.45, 7) is 2.87. The number of carbonyl (C=O) groups is 1. The molecular weight excluding hydrogens is 232 g/mol. The largest absolute Gasteiger partial charge is 0.508 e. The monoisotopic (exact) mass is 250 g/mol. The van der Waals surface area contributed by atoms with Crippen molar-refractivity contribution in [3.8, 4) is 5.75 Å². The summed E-state index contributed by atoms with van der Waals surface area (Å²) in [7, 11) is 0. The molecule has 1 aliphatic rings. The van der Waals surface area contributed by atoms with Gasteiger partial charge in [0.05, 0.1) is 0 Å². The summed E-state index contributed by atoms with van der Waals surface area (Å²) in [6, 6.07) is 7.05. The predicted molar refractivity (Wildman–Crippen MR) is 67.3 cm³/mol. The molecule has 0 bridgehead atoms. The Labute approximate surface area is 106 Å². The smallest absolute Gasteiger partial charge is 0.325 e. The maximum atomic E-state index is 11.1. The highest BCUT2D eigenvalue weighted by Gasteiger charge is 2.42. The number of aromatic hydroxyl groups is 1. The van der Waals surface area contributed by atoms with E-state index < -0.39 is 11.5 Å². The van der Waals surface area contributed by atoms with Crippen LogP contribution < -0.4 is 5.73 Å². The molecule has 5 heteroatoms. The highest BCUT2D eigenvalue weighted by atomic mass is 16.4. The minimum atomic E-state index is -1.17. The van der Waals surface area contributed by atoms with E-state index in [2.05, 4.69) is 0 Å². The van der Waals surface area contributed by atoms with Crippen LogP contribution in [0.15, 0.2) is 24.3 Å². The molecule has 2 atom stereocenters. The highest BCUT2D eigenvalue weighted by molar-refractivity contribution is 5.79. The van der Waals surface area contributed by atoms with Crippen LogP contribution in [0.1, 0.15) is 24.9 Å². The number of nitrogens with zero attached hydrogens (tertiary/aromatic N) is 1. The third-order valence-corrected chi connectivity index (χ3v) is 3.69. The van der Waals surface area contributed by atoms with Crippen LogP contribution >= 0.6 is 0 Å². The molecule has 18 heavy (non-hydrogen) atoms. The van der Waals surface area contributed by atoms with Gasteiger partial charge < -0.3 is 15.9 Å². The Morgan fingerprint density at radius 1 is 1.50 bits per heavy atom. The summed E-state index contributed by atoms with van der Waals surface area (Å²) in [5.74, 6) is -0.732. The maximum absolute atomic E-state index is 11.1. The fourth-order valence-electron chi connectivity index (χ4n) is 2.41. The van der Waals surface area contributed by atoms with Crippen molar-refractivity contribution in [2.24, 2.45) is 5.73 Å². The zero-order valence-electron chi connectivity index (χ0n) is 10.3. The first-order valence-electron chi connectivity index (χ1n) is 5.98. The van der Waals surface area contributed by atoms with Gasteiger partial charge in [0.2, 0.25) is 0 Å². The van der Waals surface area contributed by atoms with E-state index in [1.807, 2.05) is 24.0 Å². The Balaban J connectivity index is 2.15. The van der Waals surface area contributed by atoms with Gasteiger partial charge in [-0.05, 0) is 19.4 Å². The van der Waals surface area contributed by atoms with Crippen molar-refractivity contribution in [1.29, 1.82) is 0 Å². The van der Waals surface area contributed by atoms with Crippen molar-refractivity contribution in [2.75, 3.05) is 13.1 Å². The summed E-state index contributed by atoms with van der Waals surface area (Å²) in [5.41, 5.74) is 5.47. The van der Waals surface area contributed by atoms with Crippen molar-refractivity contribution < 1.29 is 15.0 Å². The molecule has 4 N–H and O–H groups in total. The highest BCUT2D eigenvalue weighted by Crippen LogP contribution is 2.32. The normalized spacial score (nSPS) is 26.1. The lowest BCUT2D eigenvalue weighted by Gasteiger charge is -2.26. The number of benzene rings is 1. The third kappa shape index (κ3) is 2.19. The molecule has 0 aromatic heterocycles. The SMILES string of the molecule is CC(c1ccccc1O)N1CCC(N)(C(=O)O)C1. The fourth-order valence-corrected chi connectivity index (χ4v) is 2.41. The fraction of sp³-hybridized carbons (Fsp3) is 0.462. The van der Waals surface area contributed by atoms with Gasteiger partial charge in [0.25, 0.3) is 0 Å². The molecule has 98 valence electrons. The first-order chi connectivity index (χ1) is 8.44. The van der Waals surface area contributed by atoms with E-state index >= 15 is 0 Å². The van der Waals surface area contributed by atoms with Gasteiger partial charge in [-0.25, -0.2) is 0 Å². The van der Waals surface area contributed by atoms with Gasteiger partial charge in [-0.1, -0.05) is 18.2 Å². The average Bonchev–Trinajstić information content (AvgIpc) is 2.73. The number of rotatable bonds is 3. The Kier molecular flexibility index (Phi) is 3.28. The molecule has 0 radical (unpaired) electrons. The molecule has 1 fully saturated rings. The van der Waals surface area contributed by atoms with Crippen molar-refractivity contribution in [1.82, 2.24) is 4.90 Å². The van der Waals surface area contributed by atoms with E-state index in [9.17, 15) is 9.90 Å². The van der Waals surface area contributed by atoms with Crippen LogP contribution in [-0.2, 0) is 4.79 Å². The minimum Gasteiger partial charge on any atom is -0.508 e. The Bertz CT molecular complexity index is 463. The first-order valence-corrected chi connectivity index (χ1v) is 5.98. The lowest BCUT2D eigenvalue weighted by Crippen LogP contribution is -2.50. The minimum absolute atomic E-state index is 0.0454. The van der Waals surface area contributed by atoms with Crippen LogP contribution in [0, 0.1) is 0 Å². The van der Waals surface area contributed by atoms with Gasteiger partial charge in [-0.2, -0.15) is 0 Å². The van der Waals surface area contributed by atoms with Crippen LogP contribution in [0.4, 0.5) is 0 Å². The van der Waals surface area contributed by atoms with E-state index in [0.717, 1.165) is 5.56 Å². The molecule has 2 unspecified atom stereocenters. The van der Waals surface area contributed by atoms with E-state index in [1.165, 1.54) is 0 Å². The maximum Gasteiger partial charge on any atom is 0.325 e. The van der Waals surface area contributed by atoms with Gasteiger partial charge in [-0.15, -0.1) is 0 Å². The summed E-state index contributed by atoms with van der Waals surface area (Å²) < 4.78 is 0. The number of phenols is 1. The molecule has 1 aromatic rings. The van der Waals surface area contributed by atoms with Crippen molar-refractivity contribution >= 4 is 5.97 Å². The van der Waals surface area contributed by atoms with Gasteiger partial charge in [0.1, 0.15) is 11.3 Å². The zero-order chi connectivity index (χ0) is 13.3. The lowest BCUT2D eigenvalue weighted by molar-refractivity contribution is -0.142. The second-order valence-corrected chi connectivity index (χ2v) is 4.92. The van der Waals surface area contributed by atoms with E-state index in [1.54, 1.807) is 12.1 Å². The standard InChI is InChI=1S/C13H18N2O3/c1-9(10-4-2-3-5-11(10)16)15-7-6-13(14,8-15)12(17)18/h2-5,9,16H,6-8,14H2,1H3,(H,17,18). The molecule has 5 nitrogen and oxygen atoms in total. The molecule has 1 saturated heterocycles. The summed E-state index contributed by atoms with van der Waals surface area (Å²) >= 11 is 0. The van der Waals surface area contributed by atoms with Crippen LogP contribution in [0.2, 0.25) is 0 Å². The number of para-hydroxylation sites is 1.